The van der Waals surface area contributed by atoms with Crippen LogP contribution in [0.5, 0.6) is 5.75 Å². The van der Waals surface area contributed by atoms with Crippen molar-refractivity contribution in [3.05, 3.63) is 29.8 Å². The molecule has 1 fully saturated rings. The van der Waals surface area contributed by atoms with E-state index in [2.05, 4.69) is 0 Å². The van der Waals surface area contributed by atoms with Gasteiger partial charge < -0.3 is 9.84 Å². The fraction of sp³-hybridized carbons (Fsp3) is 0.462. The zero-order valence-electron chi connectivity index (χ0n) is 9.78. The number of ether oxygens (including phenoxy) is 1. The van der Waals surface area contributed by atoms with Crippen molar-refractivity contribution < 1.29 is 14.6 Å². The molecular weight excluding hydrogens is 204 g/mol. The van der Waals surface area contributed by atoms with Crippen molar-refractivity contribution in [3.8, 4) is 5.75 Å². The molecule has 1 aromatic rings. The molecule has 0 spiro atoms. The van der Waals surface area contributed by atoms with E-state index in [-0.39, 0.29) is 5.41 Å². The lowest BCUT2D eigenvalue weighted by Gasteiger charge is -2.16. The molecule has 1 saturated carbocycles. The number of rotatable bonds is 3. The number of methoxy groups -OCH3 is 1. The molecule has 0 aromatic heterocycles. The van der Waals surface area contributed by atoms with Crippen LogP contribution in [0.3, 0.4) is 0 Å². The summed E-state index contributed by atoms with van der Waals surface area (Å²) in [5, 5.41) is 9.42. The molecule has 1 N–H and O–H groups in total. The zero-order valence-corrected chi connectivity index (χ0v) is 9.78. The lowest BCUT2D eigenvalue weighted by molar-refractivity contribution is -0.141. The van der Waals surface area contributed by atoms with Gasteiger partial charge >= 0.3 is 5.97 Å². The molecule has 3 heteroatoms. The van der Waals surface area contributed by atoms with Crippen LogP contribution in [0.4, 0.5) is 0 Å². The Morgan fingerprint density at radius 3 is 2.50 bits per heavy atom. The van der Waals surface area contributed by atoms with E-state index in [1.165, 1.54) is 0 Å². The molecular formula is C13H16O3. The molecule has 0 aliphatic heterocycles. The van der Waals surface area contributed by atoms with E-state index in [1.807, 2.05) is 38.1 Å². The molecule has 1 aliphatic rings. The molecule has 16 heavy (non-hydrogen) atoms. The van der Waals surface area contributed by atoms with Gasteiger partial charge in [0.15, 0.2) is 0 Å². The molecule has 2 rings (SSSR count). The van der Waals surface area contributed by atoms with Crippen molar-refractivity contribution >= 4 is 5.97 Å². The van der Waals surface area contributed by atoms with Crippen LogP contribution in [-0.4, -0.2) is 18.2 Å². The highest BCUT2D eigenvalue weighted by Crippen LogP contribution is 2.64. The van der Waals surface area contributed by atoms with Crippen LogP contribution in [0.25, 0.3) is 0 Å². The minimum absolute atomic E-state index is 0.175. The third kappa shape index (κ3) is 1.31. The summed E-state index contributed by atoms with van der Waals surface area (Å²) >= 11 is 0. The first kappa shape index (κ1) is 11.0. The minimum atomic E-state index is -0.745. The number of carbonyl (C=O) groups is 1. The maximum atomic E-state index is 11.5. The summed E-state index contributed by atoms with van der Waals surface area (Å²) in [6.45, 7) is 3.97. The van der Waals surface area contributed by atoms with Crippen molar-refractivity contribution in [1.82, 2.24) is 0 Å². The summed E-state index contributed by atoms with van der Waals surface area (Å²) in [4.78, 5) is 11.5. The second kappa shape index (κ2) is 3.24. The van der Waals surface area contributed by atoms with Crippen molar-refractivity contribution in [2.75, 3.05) is 7.11 Å². The van der Waals surface area contributed by atoms with Crippen molar-refractivity contribution in [3.63, 3.8) is 0 Å². The topological polar surface area (TPSA) is 46.5 Å². The van der Waals surface area contributed by atoms with Gasteiger partial charge in [-0.1, -0.05) is 26.0 Å². The second-order valence-electron chi connectivity index (χ2n) is 5.00. The molecule has 0 heterocycles. The molecule has 1 unspecified atom stereocenters. The highest BCUT2D eigenvalue weighted by molar-refractivity contribution is 5.87. The first-order chi connectivity index (χ1) is 7.44. The van der Waals surface area contributed by atoms with Crippen molar-refractivity contribution in [2.45, 2.75) is 25.7 Å². The summed E-state index contributed by atoms with van der Waals surface area (Å²) in [5.74, 6) is -0.0356. The highest BCUT2D eigenvalue weighted by atomic mass is 16.5. The molecule has 0 saturated heterocycles. The third-order valence-corrected chi connectivity index (χ3v) is 3.67. The summed E-state index contributed by atoms with van der Waals surface area (Å²) in [5.41, 5.74) is -0.0726. The van der Waals surface area contributed by atoms with Crippen LogP contribution < -0.4 is 4.74 Å². The van der Waals surface area contributed by atoms with E-state index in [4.69, 9.17) is 4.74 Å². The number of carboxylic acid groups (broad SMARTS) is 1. The van der Waals surface area contributed by atoms with Gasteiger partial charge in [0.2, 0.25) is 0 Å². The molecule has 0 bridgehead atoms. The molecule has 3 nitrogen and oxygen atoms in total. The van der Waals surface area contributed by atoms with E-state index in [0.717, 1.165) is 5.56 Å². The van der Waals surface area contributed by atoms with Crippen LogP contribution in [-0.2, 0) is 10.2 Å². The number of carboxylic acids is 1. The van der Waals surface area contributed by atoms with E-state index in [1.54, 1.807) is 7.11 Å². The largest absolute Gasteiger partial charge is 0.497 e. The van der Waals surface area contributed by atoms with Gasteiger partial charge in [0.05, 0.1) is 12.5 Å². The van der Waals surface area contributed by atoms with Crippen LogP contribution >= 0.6 is 0 Å². The molecule has 1 aromatic carbocycles. The number of aliphatic carboxylic acids is 1. The van der Waals surface area contributed by atoms with Gasteiger partial charge in [0.1, 0.15) is 5.75 Å². The van der Waals surface area contributed by atoms with Gasteiger partial charge in [0.25, 0.3) is 0 Å². The van der Waals surface area contributed by atoms with Gasteiger partial charge in [-0.3, -0.25) is 4.79 Å². The molecule has 0 radical (unpaired) electrons. The number of hydrogen-bond donors (Lipinski definition) is 1. The first-order valence-corrected chi connectivity index (χ1v) is 5.32. The van der Waals surface area contributed by atoms with E-state index in [0.29, 0.717) is 12.2 Å². The summed E-state index contributed by atoms with van der Waals surface area (Å²) < 4.78 is 5.13. The average molecular weight is 220 g/mol. The molecule has 1 aliphatic carbocycles. The van der Waals surface area contributed by atoms with E-state index in [9.17, 15) is 9.90 Å². The smallest absolute Gasteiger partial charge is 0.314 e. The standard InChI is InChI=1S/C13H16O3/c1-12(2)8-13(12,11(14)15)9-5-4-6-10(7-9)16-3/h4-7H,8H2,1-3H3,(H,14,15). The maximum Gasteiger partial charge on any atom is 0.314 e. The number of benzene rings is 1. The van der Waals surface area contributed by atoms with E-state index < -0.39 is 11.4 Å². The predicted octanol–water partition coefficient (Wildman–Crippen LogP) is 2.45. The first-order valence-electron chi connectivity index (χ1n) is 5.32. The van der Waals surface area contributed by atoms with Crippen LogP contribution in [0.15, 0.2) is 24.3 Å². The Morgan fingerprint density at radius 2 is 2.06 bits per heavy atom. The van der Waals surface area contributed by atoms with E-state index >= 15 is 0 Å². The Labute approximate surface area is 95.0 Å². The molecule has 86 valence electrons. The zero-order chi connectivity index (χ0) is 12.0. The van der Waals surface area contributed by atoms with Gasteiger partial charge in [0, 0.05) is 0 Å². The quantitative estimate of drug-likeness (QED) is 0.851. The summed E-state index contributed by atoms with van der Waals surface area (Å²) in [6.07, 6.45) is 0.683. The Hall–Kier alpha value is -1.51. The van der Waals surface area contributed by atoms with Crippen LogP contribution in [0, 0.1) is 5.41 Å². The number of hydrogen-bond acceptors (Lipinski definition) is 2. The maximum absolute atomic E-state index is 11.5. The predicted molar refractivity (Wildman–Crippen MR) is 60.7 cm³/mol. The third-order valence-electron chi connectivity index (χ3n) is 3.67. The van der Waals surface area contributed by atoms with Gasteiger partial charge in [-0.05, 0) is 29.5 Å². The lowest BCUT2D eigenvalue weighted by Crippen LogP contribution is -2.25. The monoisotopic (exact) mass is 220 g/mol. The summed E-state index contributed by atoms with van der Waals surface area (Å²) in [6, 6.07) is 7.36. The Kier molecular flexibility index (Phi) is 2.22. The summed E-state index contributed by atoms with van der Waals surface area (Å²) in [7, 11) is 1.59. The average Bonchev–Trinajstić information content (AvgIpc) is 2.83. The Morgan fingerprint density at radius 1 is 1.44 bits per heavy atom. The Bertz CT molecular complexity index is 437. The fourth-order valence-corrected chi connectivity index (χ4v) is 2.49. The fourth-order valence-electron chi connectivity index (χ4n) is 2.49. The van der Waals surface area contributed by atoms with Gasteiger partial charge in [-0.15, -0.1) is 0 Å². The molecule has 0 amide bonds. The Balaban J connectivity index is 2.47. The van der Waals surface area contributed by atoms with Crippen LogP contribution in [0.1, 0.15) is 25.8 Å². The van der Waals surface area contributed by atoms with Gasteiger partial charge in [-0.2, -0.15) is 0 Å². The van der Waals surface area contributed by atoms with Crippen LogP contribution in [0.2, 0.25) is 0 Å². The lowest BCUT2D eigenvalue weighted by atomic mass is 9.88. The van der Waals surface area contributed by atoms with Crippen molar-refractivity contribution in [2.24, 2.45) is 5.41 Å². The highest BCUT2D eigenvalue weighted by Gasteiger charge is 2.67. The van der Waals surface area contributed by atoms with Crippen molar-refractivity contribution in [1.29, 1.82) is 0 Å². The SMILES string of the molecule is COc1cccc(C2(C(=O)O)CC2(C)C)c1. The second-order valence-corrected chi connectivity index (χ2v) is 5.00. The normalized spacial score (nSPS) is 26.2. The minimum Gasteiger partial charge on any atom is -0.497 e. The molecule has 1 atom stereocenters. The van der Waals surface area contributed by atoms with Gasteiger partial charge in [-0.25, -0.2) is 0 Å².